The fourth-order valence-corrected chi connectivity index (χ4v) is 7.06. The molecular weight excluding hydrogens is 767 g/mol. The molecule has 0 spiro atoms. The standard InChI is InChI=1S/C38H67N5O11S2/c1-4-37(39)32-55-56-34(3)35-5-7-36(8-6-35)38(44)40-9-11-45-13-15-47-17-19-49-21-23-51-25-27-53-29-30-54-28-26-52-24-22-50-20-18-48-16-14-46-12-10-43-31-33(2)41-42-43/h5-8,31,34,37H,4,9-30,32,39H2,1-3H3,(H,40,44)/t34?,37-/m1/s1. The number of nitrogens with two attached hydrogens (primary N) is 1. The highest BCUT2D eigenvalue weighted by Gasteiger charge is 2.10. The van der Waals surface area contributed by atoms with Crippen LogP contribution in [-0.4, -0.2) is 171 Å². The summed E-state index contributed by atoms with van der Waals surface area (Å²) in [7, 11) is 3.61. The predicted molar refractivity (Wildman–Crippen MR) is 218 cm³/mol. The average Bonchev–Trinajstić information content (AvgIpc) is 3.63. The van der Waals surface area contributed by atoms with Gasteiger partial charge >= 0.3 is 0 Å². The summed E-state index contributed by atoms with van der Waals surface area (Å²) < 4.78 is 56.8. The normalized spacial score (nSPS) is 12.6. The molecule has 56 heavy (non-hydrogen) atoms. The predicted octanol–water partition coefficient (Wildman–Crippen LogP) is 3.36. The number of hydrogen-bond acceptors (Lipinski definition) is 16. The van der Waals surface area contributed by atoms with Gasteiger partial charge in [-0.2, -0.15) is 0 Å². The van der Waals surface area contributed by atoms with Gasteiger partial charge in [0.05, 0.1) is 144 Å². The third-order valence-electron chi connectivity index (χ3n) is 7.66. The lowest BCUT2D eigenvalue weighted by atomic mass is 10.1. The van der Waals surface area contributed by atoms with Gasteiger partial charge in [0.1, 0.15) is 0 Å². The van der Waals surface area contributed by atoms with E-state index in [0.717, 1.165) is 17.9 Å². The molecule has 3 N–H and O–H groups in total. The van der Waals surface area contributed by atoms with Gasteiger partial charge in [0.25, 0.3) is 5.91 Å². The lowest BCUT2D eigenvalue weighted by molar-refractivity contribution is -0.0264. The van der Waals surface area contributed by atoms with E-state index in [1.807, 2.05) is 48.2 Å². The van der Waals surface area contributed by atoms with Gasteiger partial charge < -0.3 is 58.4 Å². The number of carbonyl (C=O) groups is 1. The summed E-state index contributed by atoms with van der Waals surface area (Å²) in [6.07, 6.45) is 2.86. The zero-order valence-corrected chi connectivity index (χ0v) is 35.4. The molecule has 322 valence electrons. The Kier molecular flexibility index (Phi) is 32.5. The van der Waals surface area contributed by atoms with E-state index in [9.17, 15) is 4.79 Å². The van der Waals surface area contributed by atoms with Crippen molar-refractivity contribution < 1.29 is 52.2 Å². The molecule has 0 bridgehead atoms. The van der Waals surface area contributed by atoms with Crippen molar-refractivity contribution in [2.75, 3.05) is 144 Å². The molecule has 18 heteroatoms. The zero-order valence-electron chi connectivity index (χ0n) is 33.7. The molecule has 1 aromatic heterocycles. The second-order valence-corrected chi connectivity index (χ2v) is 15.1. The van der Waals surface area contributed by atoms with Gasteiger partial charge in [0.15, 0.2) is 0 Å². The topological polar surface area (TPSA) is 178 Å². The van der Waals surface area contributed by atoms with Crippen LogP contribution in [0.4, 0.5) is 0 Å². The molecule has 1 amide bonds. The lowest BCUT2D eigenvalue weighted by Crippen LogP contribution is -2.27. The third-order valence-corrected chi connectivity index (χ3v) is 10.6. The van der Waals surface area contributed by atoms with Crippen LogP contribution in [0.5, 0.6) is 0 Å². The number of aromatic nitrogens is 3. The number of carbonyl (C=O) groups excluding carboxylic acids is 1. The van der Waals surface area contributed by atoms with Gasteiger partial charge in [-0.05, 0) is 38.0 Å². The summed E-state index contributed by atoms with van der Waals surface area (Å²) in [4.78, 5) is 12.4. The molecule has 2 atom stereocenters. The first kappa shape index (κ1) is 50.2. The van der Waals surface area contributed by atoms with Crippen molar-refractivity contribution in [2.45, 2.75) is 45.0 Å². The molecule has 0 radical (unpaired) electrons. The van der Waals surface area contributed by atoms with Crippen LogP contribution in [-0.2, 0) is 53.9 Å². The summed E-state index contributed by atoms with van der Waals surface area (Å²) in [5, 5.41) is 11.1. The summed E-state index contributed by atoms with van der Waals surface area (Å²) in [5.74, 6) is 0.822. The van der Waals surface area contributed by atoms with Crippen LogP contribution >= 0.6 is 21.6 Å². The molecule has 0 aliphatic carbocycles. The van der Waals surface area contributed by atoms with E-state index >= 15 is 0 Å². The van der Waals surface area contributed by atoms with E-state index in [-0.39, 0.29) is 11.9 Å². The number of amides is 1. The summed E-state index contributed by atoms with van der Waals surface area (Å²) >= 11 is 0. The molecule has 0 saturated heterocycles. The highest BCUT2D eigenvalue weighted by molar-refractivity contribution is 8.76. The van der Waals surface area contributed by atoms with Gasteiger partial charge in [0, 0.05) is 35.3 Å². The molecule has 0 aliphatic rings. The molecule has 1 aromatic carbocycles. The van der Waals surface area contributed by atoms with E-state index in [0.29, 0.717) is 156 Å². The highest BCUT2D eigenvalue weighted by Crippen LogP contribution is 2.37. The van der Waals surface area contributed by atoms with Crippen molar-refractivity contribution in [1.82, 2.24) is 20.3 Å². The Hall–Kier alpha value is -1.91. The smallest absolute Gasteiger partial charge is 0.251 e. The molecule has 0 fully saturated rings. The zero-order chi connectivity index (χ0) is 40.2. The van der Waals surface area contributed by atoms with E-state index < -0.39 is 0 Å². The number of ether oxygens (including phenoxy) is 10. The number of nitrogens with zero attached hydrogens (tertiary/aromatic N) is 3. The summed E-state index contributed by atoms with van der Waals surface area (Å²) in [5.41, 5.74) is 8.71. The molecule has 0 aliphatic heterocycles. The largest absolute Gasteiger partial charge is 0.377 e. The Morgan fingerprint density at radius 2 is 1.09 bits per heavy atom. The van der Waals surface area contributed by atoms with E-state index in [4.69, 9.17) is 53.1 Å². The Morgan fingerprint density at radius 1 is 0.679 bits per heavy atom. The first-order valence-electron chi connectivity index (χ1n) is 19.6. The monoisotopic (exact) mass is 833 g/mol. The maximum absolute atomic E-state index is 12.4. The van der Waals surface area contributed by atoms with Gasteiger partial charge in [-0.25, -0.2) is 4.68 Å². The summed E-state index contributed by atoms with van der Waals surface area (Å²) in [6.45, 7) is 17.1. The SMILES string of the molecule is CC[C@@H](N)CSSC(C)c1ccc(C(=O)NCCOCCOCCOCCOCCOCCOCCOCCOCCOCCOCCn2cc(C)nn2)cc1. The molecule has 1 unspecified atom stereocenters. The van der Waals surface area contributed by atoms with Gasteiger partial charge in [0.2, 0.25) is 0 Å². The number of nitrogens with one attached hydrogen (secondary N) is 1. The number of hydrogen-bond donors (Lipinski definition) is 2. The van der Waals surface area contributed by atoms with Crippen molar-refractivity contribution in [3.05, 3.63) is 47.3 Å². The van der Waals surface area contributed by atoms with Gasteiger partial charge in [-0.1, -0.05) is 45.9 Å². The van der Waals surface area contributed by atoms with Crippen molar-refractivity contribution in [1.29, 1.82) is 0 Å². The molecule has 16 nitrogen and oxygen atoms in total. The first-order chi connectivity index (χ1) is 27.5. The Morgan fingerprint density at radius 3 is 1.48 bits per heavy atom. The Balaban J connectivity index is 1.20. The van der Waals surface area contributed by atoms with Crippen LogP contribution in [0.1, 0.15) is 47.1 Å². The van der Waals surface area contributed by atoms with Crippen LogP contribution in [0.3, 0.4) is 0 Å². The average molecular weight is 834 g/mol. The van der Waals surface area contributed by atoms with E-state index in [1.54, 1.807) is 15.5 Å². The third kappa shape index (κ3) is 28.5. The van der Waals surface area contributed by atoms with Crippen LogP contribution < -0.4 is 11.1 Å². The van der Waals surface area contributed by atoms with Crippen molar-refractivity contribution >= 4 is 27.5 Å². The maximum Gasteiger partial charge on any atom is 0.251 e. The highest BCUT2D eigenvalue weighted by atomic mass is 33.1. The van der Waals surface area contributed by atoms with Crippen molar-refractivity contribution in [3.8, 4) is 0 Å². The summed E-state index contributed by atoms with van der Waals surface area (Å²) in [6, 6.07) is 7.98. The number of aryl methyl sites for hydroxylation is 1. The number of rotatable bonds is 40. The Labute approximate surface area is 341 Å². The van der Waals surface area contributed by atoms with E-state index in [1.165, 1.54) is 5.56 Å². The maximum atomic E-state index is 12.4. The van der Waals surface area contributed by atoms with Crippen LogP contribution in [0.25, 0.3) is 0 Å². The fraction of sp³-hybridized carbons (Fsp3) is 0.763. The molecule has 0 saturated carbocycles. The molecule has 1 heterocycles. The van der Waals surface area contributed by atoms with Gasteiger partial charge in [-0.3, -0.25) is 4.79 Å². The molecule has 2 aromatic rings. The first-order valence-corrected chi connectivity index (χ1v) is 21.9. The van der Waals surface area contributed by atoms with Crippen LogP contribution in [0.15, 0.2) is 30.5 Å². The Bertz CT molecular complexity index is 1190. The van der Waals surface area contributed by atoms with Gasteiger partial charge in [-0.15, -0.1) is 5.10 Å². The minimum Gasteiger partial charge on any atom is -0.377 e. The minimum absolute atomic E-state index is 0.112. The van der Waals surface area contributed by atoms with Crippen LogP contribution in [0.2, 0.25) is 0 Å². The molecule has 2 rings (SSSR count). The second-order valence-electron chi connectivity index (χ2n) is 12.3. The quantitative estimate of drug-likeness (QED) is 0.0737. The fourth-order valence-electron chi connectivity index (χ4n) is 4.39. The van der Waals surface area contributed by atoms with Crippen molar-refractivity contribution in [3.63, 3.8) is 0 Å². The minimum atomic E-state index is -0.112. The van der Waals surface area contributed by atoms with Crippen LogP contribution in [0, 0.1) is 6.92 Å². The number of benzene rings is 1. The lowest BCUT2D eigenvalue weighted by Gasteiger charge is -2.13. The molecular formula is C38H67N5O11S2. The van der Waals surface area contributed by atoms with Crippen molar-refractivity contribution in [2.24, 2.45) is 5.73 Å². The van der Waals surface area contributed by atoms with E-state index in [2.05, 4.69) is 29.5 Å². The second kappa shape index (κ2) is 36.2.